The third-order valence-corrected chi connectivity index (χ3v) is 6.32. The fourth-order valence-electron chi connectivity index (χ4n) is 3.50. The second kappa shape index (κ2) is 6.46. The number of rotatable bonds is 4. The summed E-state index contributed by atoms with van der Waals surface area (Å²) in [5, 5.41) is 3.42. The minimum absolute atomic E-state index is 0.0461. The molecule has 2 unspecified atom stereocenters. The van der Waals surface area contributed by atoms with Gasteiger partial charge in [-0.2, -0.15) is 0 Å². The highest BCUT2D eigenvalue weighted by Gasteiger charge is 2.41. The van der Waals surface area contributed by atoms with Gasteiger partial charge in [0, 0.05) is 17.8 Å². The Kier molecular flexibility index (Phi) is 4.59. The highest BCUT2D eigenvalue weighted by Crippen LogP contribution is 2.26. The molecule has 2 saturated heterocycles. The second-order valence-electron chi connectivity index (χ2n) is 6.22. The van der Waals surface area contributed by atoms with Crippen molar-refractivity contribution < 1.29 is 13.2 Å². The predicted molar refractivity (Wildman–Crippen MR) is 88.3 cm³/mol. The summed E-state index contributed by atoms with van der Waals surface area (Å²) < 4.78 is 29.5. The number of hydrogen-bond acceptors (Lipinski definition) is 5. The lowest BCUT2D eigenvalue weighted by atomic mass is 10.0. The van der Waals surface area contributed by atoms with Crippen LogP contribution >= 0.6 is 0 Å². The number of benzene rings is 1. The lowest BCUT2D eigenvalue weighted by molar-refractivity contribution is 0.170. The number of methoxy groups -OCH3 is 1. The zero-order valence-corrected chi connectivity index (χ0v) is 13.8. The maximum Gasteiger partial charge on any atom is 0.153 e. The van der Waals surface area contributed by atoms with E-state index in [4.69, 9.17) is 4.74 Å². The molecule has 2 heterocycles. The highest BCUT2D eigenvalue weighted by molar-refractivity contribution is 7.91. The van der Waals surface area contributed by atoms with Crippen LogP contribution in [0.15, 0.2) is 24.3 Å². The highest BCUT2D eigenvalue weighted by atomic mass is 32.2. The molecule has 22 heavy (non-hydrogen) atoms. The van der Waals surface area contributed by atoms with E-state index in [9.17, 15) is 8.42 Å². The van der Waals surface area contributed by atoms with Crippen molar-refractivity contribution in [3.8, 4) is 5.75 Å². The van der Waals surface area contributed by atoms with Crippen molar-refractivity contribution in [2.75, 3.05) is 37.0 Å². The number of likely N-dealkylation sites (tertiary alicyclic amines) is 1. The number of nitrogens with one attached hydrogen (secondary N) is 1. The van der Waals surface area contributed by atoms with Gasteiger partial charge in [-0.3, -0.25) is 4.90 Å². The summed E-state index contributed by atoms with van der Waals surface area (Å²) in [6, 6.07) is 7.71. The van der Waals surface area contributed by atoms with E-state index in [1.54, 1.807) is 7.11 Å². The topological polar surface area (TPSA) is 58.6 Å². The van der Waals surface area contributed by atoms with Crippen LogP contribution in [0.2, 0.25) is 0 Å². The van der Waals surface area contributed by atoms with Crippen molar-refractivity contribution in [3.05, 3.63) is 24.3 Å². The molecule has 2 fully saturated rings. The van der Waals surface area contributed by atoms with Crippen LogP contribution in [0.4, 0.5) is 5.69 Å². The van der Waals surface area contributed by atoms with E-state index in [1.807, 2.05) is 24.3 Å². The molecular weight excluding hydrogens is 300 g/mol. The summed E-state index contributed by atoms with van der Waals surface area (Å²) in [6.07, 6.45) is 3.59. The van der Waals surface area contributed by atoms with Crippen LogP contribution in [0, 0.1) is 0 Å². The van der Waals surface area contributed by atoms with Gasteiger partial charge in [-0.1, -0.05) is 12.5 Å². The first-order chi connectivity index (χ1) is 10.6. The minimum Gasteiger partial charge on any atom is -0.497 e. The average molecular weight is 324 g/mol. The molecule has 0 spiro atoms. The summed E-state index contributed by atoms with van der Waals surface area (Å²) in [5.74, 6) is 1.26. The van der Waals surface area contributed by atoms with Crippen molar-refractivity contribution in [1.82, 2.24) is 4.90 Å². The summed E-state index contributed by atoms with van der Waals surface area (Å²) in [4.78, 5) is 2.35. The van der Waals surface area contributed by atoms with Crippen molar-refractivity contribution in [2.45, 2.75) is 31.3 Å². The van der Waals surface area contributed by atoms with E-state index in [-0.39, 0.29) is 23.6 Å². The molecule has 2 aliphatic heterocycles. The van der Waals surface area contributed by atoms with Gasteiger partial charge in [-0.25, -0.2) is 8.42 Å². The lowest BCUT2D eigenvalue weighted by Crippen LogP contribution is -2.48. The van der Waals surface area contributed by atoms with Crippen LogP contribution in [0.1, 0.15) is 19.3 Å². The Morgan fingerprint density at radius 3 is 2.68 bits per heavy atom. The molecule has 5 nitrogen and oxygen atoms in total. The van der Waals surface area contributed by atoms with Crippen LogP contribution in [0.5, 0.6) is 5.75 Å². The standard InChI is InChI=1S/C16H24N2O3S/c1-21-14-7-5-6-13(10-14)17-15-11-22(19,20)12-16(15)18-8-3-2-4-9-18/h5-7,10,15-17H,2-4,8-9,11-12H2,1H3. The lowest BCUT2D eigenvalue weighted by Gasteiger charge is -2.35. The molecule has 0 saturated carbocycles. The fourth-order valence-corrected chi connectivity index (χ4v) is 5.46. The first kappa shape index (κ1) is 15.6. The zero-order chi connectivity index (χ0) is 15.6. The van der Waals surface area contributed by atoms with Gasteiger partial charge in [0.1, 0.15) is 5.75 Å². The molecule has 2 atom stereocenters. The largest absolute Gasteiger partial charge is 0.497 e. The molecule has 0 amide bonds. The number of nitrogens with zero attached hydrogens (tertiary/aromatic N) is 1. The smallest absolute Gasteiger partial charge is 0.153 e. The molecule has 1 N–H and O–H groups in total. The molecule has 0 aliphatic carbocycles. The van der Waals surface area contributed by atoms with Crippen molar-refractivity contribution in [3.63, 3.8) is 0 Å². The van der Waals surface area contributed by atoms with Crippen molar-refractivity contribution in [2.24, 2.45) is 0 Å². The molecule has 1 aromatic rings. The first-order valence-electron chi connectivity index (χ1n) is 7.92. The number of piperidine rings is 1. The monoisotopic (exact) mass is 324 g/mol. The van der Waals surface area contributed by atoms with Gasteiger partial charge < -0.3 is 10.1 Å². The van der Waals surface area contributed by atoms with E-state index < -0.39 is 9.84 Å². The molecule has 0 bridgehead atoms. The Bertz CT molecular complexity index is 612. The average Bonchev–Trinajstić information content (AvgIpc) is 2.83. The number of hydrogen-bond donors (Lipinski definition) is 1. The number of ether oxygens (including phenoxy) is 1. The van der Waals surface area contributed by atoms with E-state index in [0.717, 1.165) is 24.5 Å². The van der Waals surface area contributed by atoms with E-state index in [0.29, 0.717) is 0 Å². The Morgan fingerprint density at radius 1 is 1.18 bits per heavy atom. The molecule has 0 aromatic heterocycles. The Morgan fingerprint density at radius 2 is 1.95 bits per heavy atom. The normalized spacial score (nSPS) is 28.4. The third-order valence-electron chi connectivity index (χ3n) is 4.60. The van der Waals surface area contributed by atoms with E-state index in [2.05, 4.69) is 10.2 Å². The van der Waals surface area contributed by atoms with Gasteiger partial charge in [0.15, 0.2) is 9.84 Å². The van der Waals surface area contributed by atoms with Crippen LogP contribution in [-0.4, -0.2) is 57.1 Å². The second-order valence-corrected chi connectivity index (χ2v) is 8.38. The first-order valence-corrected chi connectivity index (χ1v) is 9.74. The molecule has 1 aromatic carbocycles. The Balaban J connectivity index is 1.76. The molecular formula is C16H24N2O3S. The predicted octanol–water partition coefficient (Wildman–Crippen LogP) is 1.76. The maximum absolute atomic E-state index is 12.1. The SMILES string of the molecule is COc1cccc(NC2CS(=O)(=O)CC2N2CCCCC2)c1. The Hall–Kier alpha value is -1.27. The molecule has 0 radical (unpaired) electrons. The van der Waals surface area contributed by atoms with Gasteiger partial charge >= 0.3 is 0 Å². The van der Waals surface area contributed by atoms with Gasteiger partial charge in [-0.05, 0) is 38.1 Å². The van der Waals surface area contributed by atoms with E-state index in [1.165, 1.54) is 19.3 Å². The number of sulfone groups is 1. The van der Waals surface area contributed by atoms with Crippen LogP contribution in [0.3, 0.4) is 0 Å². The van der Waals surface area contributed by atoms with Crippen LogP contribution in [-0.2, 0) is 9.84 Å². The summed E-state index contributed by atoms with van der Waals surface area (Å²) in [7, 11) is -1.33. The van der Waals surface area contributed by atoms with Gasteiger partial charge in [-0.15, -0.1) is 0 Å². The number of anilines is 1. The summed E-state index contributed by atoms with van der Waals surface area (Å²) in [6.45, 7) is 2.02. The third kappa shape index (κ3) is 3.55. The molecule has 2 aliphatic rings. The van der Waals surface area contributed by atoms with Crippen LogP contribution < -0.4 is 10.1 Å². The summed E-state index contributed by atoms with van der Waals surface area (Å²) in [5.41, 5.74) is 0.920. The quantitative estimate of drug-likeness (QED) is 0.914. The molecule has 122 valence electrons. The zero-order valence-electron chi connectivity index (χ0n) is 13.0. The molecule has 3 rings (SSSR count). The van der Waals surface area contributed by atoms with Gasteiger partial charge in [0.25, 0.3) is 0 Å². The fraction of sp³-hybridized carbons (Fsp3) is 0.625. The van der Waals surface area contributed by atoms with E-state index >= 15 is 0 Å². The summed E-state index contributed by atoms with van der Waals surface area (Å²) >= 11 is 0. The van der Waals surface area contributed by atoms with Crippen molar-refractivity contribution in [1.29, 1.82) is 0 Å². The Labute approximate surface area is 132 Å². The van der Waals surface area contributed by atoms with Crippen LogP contribution in [0.25, 0.3) is 0 Å². The maximum atomic E-state index is 12.1. The van der Waals surface area contributed by atoms with Gasteiger partial charge in [0.05, 0.1) is 24.7 Å². The van der Waals surface area contributed by atoms with Gasteiger partial charge in [0.2, 0.25) is 0 Å². The van der Waals surface area contributed by atoms with Crippen molar-refractivity contribution >= 4 is 15.5 Å². The molecule has 6 heteroatoms. The minimum atomic E-state index is -2.97.